The molecule has 1 atom stereocenters. The second kappa shape index (κ2) is 6.30. The molecule has 0 amide bonds. The number of rotatable bonds is 5. The molecule has 102 valence electrons. The lowest BCUT2D eigenvalue weighted by atomic mass is 10.0. The Labute approximate surface area is 122 Å². The third-order valence-corrected chi connectivity index (χ3v) is 4.26. The molecular formula is C14H19BrN4. The number of halogens is 1. The summed E-state index contributed by atoms with van der Waals surface area (Å²) in [5.41, 5.74) is 3.52. The molecule has 0 bridgehead atoms. The molecule has 2 aromatic rings. The standard InChI is InChI=1S/C14H19BrN4/c1-4-8-16-14(12-9-17-18-19(12)3)11-7-5-6-10(2)13(11)15/h5-7,9,14,16H,4,8H2,1-3H3. The van der Waals surface area contributed by atoms with Gasteiger partial charge in [-0.2, -0.15) is 0 Å². The summed E-state index contributed by atoms with van der Waals surface area (Å²) in [4.78, 5) is 0. The fourth-order valence-electron chi connectivity index (χ4n) is 2.11. The number of aromatic nitrogens is 3. The molecule has 0 fully saturated rings. The molecule has 0 aliphatic carbocycles. The van der Waals surface area contributed by atoms with Crippen molar-refractivity contribution in [2.24, 2.45) is 7.05 Å². The van der Waals surface area contributed by atoms with Crippen LogP contribution in [-0.4, -0.2) is 21.5 Å². The van der Waals surface area contributed by atoms with Crippen molar-refractivity contribution in [1.82, 2.24) is 20.3 Å². The van der Waals surface area contributed by atoms with Gasteiger partial charge in [-0.25, -0.2) is 0 Å². The van der Waals surface area contributed by atoms with Crippen LogP contribution in [0.15, 0.2) is 28.9 Å². The maximum atomic E-state index is 4.03. The van der Waals surface area contributed by atoms with E-state index in [0.717, 1.165) is 23.1 Å². The van der Waals surface area contributed by atoms with Crippen LogP contribution in [0.5, 0.6) is 0 Å². The van der Waals surface area contributed by atoms with Crippen molar-refractivity contribution in [3.8, 4) is 0 Å². The summed E-state index contributed by atoms with van der Waals surface area (Å²) in [6, 6.07) is 6.43. The number of nitrogens with one attached hydrogen (secondary N) is 1. The summed E-state index contributed by atoms with van der Waals surface area (Å²) < 4.78 is 2.96. The number of hydrogen-bond donors (Lipinski definition) is 1. The average Bonchev–Trinajstić information content (AvgIpc) is 2.81. The molecule has 5 heteroatoms. The van der Waals surface area contributed by atoms with Crippen LogP contribution in [-0.2, 0) is 7.05 Å². The fraction of sp³-hybridized carbons (Fsp3) is 0.429. The Kier molecular flexibility index (Phi) is 4.71. The molecule has 0 saturated heterocycles. The third kappa shape index (κ3) is 3.04. The van der Waals surface area contributed by atoms with Crippen LogP contribution in [0.1, 0.15) is 36.2 Å². The lowest BCUT2D eigenvalue weighted by Gasteiger charge is -2.20. The third-order valence-electron chi connectivity index (χ3n) is 3.18. The number of nitrogens with zero attached hydrogens (tertiary/aromatic N) is 3. The Balaban J connectivity index is 2.43. The van der Waals surface area contributed by atoms with Crippen molar-refractivity contribution in [3.05, 3.63) is 45.7 Å². The summed E-state index contributed by atoms with van der Waals surface area (Å²) in [6.07, 6.45) is 2.91. The highest BCUT2D eigenvalue weighted by Crippen LogP contribution is 2.30. The molecule has 2 rings (SSSR count). The summed E-state index contributed by atoms with van der Waals surface area (Å²) in [7, 11) is 1.92. The van der Waals surface area contributed by atoms with Gasteiger partial charge in [-0.1, -0.05) is 46.3 Å². The van der Waals surface area contributed by atoms with Gasteiger partial charge in [-0.3, -0.25) is 4.68 Å². The molecule has 1 aromatic heterocycles. The van der Waals surface area contributed by atoms with Gasteiger partial charge < -0.3 is 5.32 Å². The predicted octanol–water partition coefficient (Wildman–Crippen LogP) is 2.98. The van der Waals surface area contributed by atoms with Gasteiger partial charge in [0.25, 0.3) is 0 Å². The van der Waals surface area contributed by atoms with E-state index in [1.54, 1.807) is 0 Å². The Morgan fingerprint density at radius 1 is 1.42 bits per heavy atom. The smallest absolute Gasteiger partial charge is 0.0799 e. The normalized spacial score (nSPS) is 12.6. The minimum atomic E-state index is 0.106. The van der Waals surface area contributed by atoms with Gasteiger partial charge in [-0.05, 0) is 31.0 Å². The molecule has 4 nitrogen and oxygen atoms in total. The Hall–Kier alpha value is -1.20. The first-order valence-corrected chi connectivity index (χ1v) is 7.27. The van der Waals surface area contributed by atoms with Crippen molar-refractivity contribution in [3.63, 3.8) is 0 Å². The zero-order chi connectivity index (χ0) is 13.8. The second-order valence-electron chi connectivity index (χ2n) is 4.65. The van der Waals surface area contributed by atoms with Gasteiger partial charge in [0.1, 0.15) is 0 Å². The van der Waals surface area contributed by atoms with E-state index in [-0.39, 0.29) is 6.04 Å². The summed E-state index contributed by atoms with van der Waals surface area (Å²) in [5.74, 6) is 0. The van der Waals surface area contributed by atoms with Gasteiger partial charge in [-0.15, -0.1) is 5.10 Å². The molecule has 0 radical (unpaired) electrons. The lowest BCUT2D eigenvalue weighted by Crippen LogP contribution is -2.25. The Morgan fingerprint density at radius 2 is 2.21 bits per heavy atom. The van der Waals surface area contributed by atoms with Crippen molar-refractivity contribution in [2.45, 2.75) is 26.3 Å². The monoisotopic (exact) mass is 322 g/mol. The highest BCUT2D eigenvalue weighted by molar-refractivity contribution is 9.10. The van der Waals surface area contributed by atoms with E-state index < -0.39 is 0 Å². The van der Waals surface area contributed by atoms with Crippen molar-refractivity contribution >= 4 is 15.9 Å². The number of aryl methyl sites for hydroxylation is 2. The van der Waals surface area contributed by atoms with Gasteiger partial charge in [0.2, 0.25) is 0 Å². The van der Waals surface area contributed by atoms with Crippen molar-refractivity contribution < 1.29 is 0 Å². The van der Waals surface area contributed by atoms with E-state index in [1.807, 2.05) is 17.9 Å². The van der Waals surface area contributed by atoms with Crippen molar-refractivity contribution in [2.75, 3.05) is 6.54 Å². The topological polar surface area (TPSA) is 42.7 Å². The van der Waals surface area contributed by atoms with E-state index in [4.69, 9.17) is 0 Å². The molecular weight excluding hydrogens is 304 g/mol. The fourth-order valence-corrected chi connectivity index (χ4v) is 2.61. The van der Waals surface area contributed by atoms with E-state index in [2.05, 4.69) is 63.6 Å². The molecule has 0 saturated carbocycles. The van der Waals surface area contributed by atoms with Crippen LogP contribution in [0.3, 0.4) is 0 Å². The molecule has 1 N–H and O–H groups in total. The Bertz CT molecular complexity index is 550. The maximum Gasteiger partial charge on any atom is 0.0799 e. The number of hydrogen-bond acceptors (Lipinski definition) is 3. The zero-order valence-electron chi connectivity index (χ0n) is 11.5. The van der Waals surface area contributed by atoms with Crippen molar-refractivity contribution in [1.29, 1.82) is 0 Å². The van der Waals surface area contributed by atoms with Gasteiger partial charge in [0, 0.05) is 11.5 Å². The van der Waals surface area contributed by atoms with E-state index >= 15 is 0 Å². The van der Waals surface area contributed by atoms with Crippen LogP contribution in [0.25, 0.3) is 0 Å². The molecule has 0 aliphatic rings. The average molecular weight is 323 g/mol. The lowest BCUT2D eigenvalue weighted by molar-refractivity contribution is 0.549. The van der Waals surface area contributed by atoms with Gasteiger partial charge in [0.05, 0.1) is 17.9 Å². The number of benzene rings is 1. The van der Waals surface area contributed by atoms with Crippen LogP contribution < -0.4 is 5.32 Å². The first-order chi connectivity index (χ1) is 9.15. The SMILES string of the molecule is CCCNC(c1cccc(C)c1Br)c1cnnn1C. The molecule has 0 spiro atoms. The van der Waals surface area contributed by atoms with E-state index in [9.17, 15) is 0 Å². The predicted molar refractivity (Wildman–Crippen MR) is 80.0 cm³/mol. The largest absolute Gasteiger partial charge is 0.305 e. The van der Waals surface area contributed by atoms with Gasteiger partial charge in [0.15, 0.2) is 0 Å². The van der Waals surface area contributed by atoms with E-state index in [0.29, 0.717) is 0 Å². The highest BCUT2D eigenvalue weighted by atomic mass is 79.9. The first kappa shape index (κ1) is 14.2. The summed E-state index contributed by atoms with van der Waals surface area (Å²) in [6.45, 7) is 5.22. The minimum Gasteiger partial charge on any atom is -0.305 e. The van der Waals surface area contributed by atoms with Gasteiger partial charge >= 0.3 is 0 Å². The van der Waals surface area contributed by atoms with Crippen LogP contribution in [0.4, 0.5) is 0 Å². The Morgan fingerprint density at radius 3 is 2.84 bits per heavy atom. The molecule has 0 aliphatic heterocycles. The van der Waals surface area contributed by atoms with Crippen LogP contribution in [0.2, 0.25) is 0 Å². The quantitative estimate of drug-likeness (QED) is 0.920. The molecule has 1 unspecified atom stereocenters. The van der Waals surface area contributed by atoms with E-state index in [1.165, 1.54) is 11.1 Å². The second-order valence-corrected chi connectivity index (χ2v) is 5.44. The summed E-state index contributed by atoms with van der Waals surface area (Å²) in [5, 5.41) is 11.6. The summed E-state index contributed by atoms with van der Waals surface area (Å²) >= 11 is 3.69. The minimum absolute atomic E-state index is 0.106. The highest BCUT2D eigenvalue weighted by Gasteiger charge is 2.20. The van der Waals surface area contributed by atoms with Crippen LogP contribution in [0, 0.1) is 6.92 Å². The zero-order valence-corrected chi connectivity index (χ0v) is 13.1. The molecule has 1 aromatic carbocycles. The van der Waals surface area contributed by atoms with Crippen LogP contribution >= 0.6 is 15.9 Å². The molecule has 1 heterocycles. The molecule has 19 heavy (non-hydrogen) atoms. The first-order valence-electron chi connectivity index (χ1n) is 6.48. The maximum absolute atomic E-state index is 4.03.